The Morgan fingerprint density at radius 2 is 1.81 bits per heavy atom. The second-order valence-electron chi connectivity index (χ2n) is 5.44. The van der Waals surface area contributed by atoms with E-state index < -0.39 is 6.10 Å². The SMILES string of the molecule is Cc1ccccc1CCC(O)c1cnc2ccccc2c1. The molecule has 0 saturated carbocycles. The third-order valence-corrected chi connectivity index (χ3v) is 3.94. The number of pyridine rings is 1. The first-order valence-electron chi connectivity index (χ1n) is 7.31. The van der Waals surface area contributed by atoms with E-state index >= 15 is 0 Å². The van der Waals surface area contributed by atoms with Crippen LogP contribution in [0.15, 0.2) is 60.8 Å². The molecule has 0 spiro atoms. The van der Waals surface area contributed by atoms with Crippen molar-refractivity contribution in [3.63, 3.8) is 0 Å². The predicted molar refractivity (Wildman–Crippen MR) is 86.2 cm³/mol. The summed E-state index contributed by atoms with van der Waals surface area (Å²) in [6.45, 7) is 2.11. The highest BCUT2D eigenvalue weighted by atomic mass is 16.3. The molecule has 0 aliphatic heterocycles. The zero-order chi connectivity index (χ0) is 14.7. The summed E-state index contributed by atoms with van der Waals surface area (Å²) < 4.78 is 0. The Morgan fingerprint density at radius 3 is 2.67 bits per heavy atom. The number of aliphatic hydroxyl groups is 1. The molecule has 21 heavy (non-hydrogen) atoms. The maximum Gasteiger partial charge on any atom is 0.0808 e. The van der Waals surface area contributed by atoms with E-state index in [4.69, 9.17) is 0 Å². The first-order chi connectivity index (χ1) is 10.2. The van der Waals surface area contributed by atoms with Crippen LogP contribution in [0.25, 0.3) is 10.9 Å². The molecule has 106 valence electrons. The highest BCUT2D eigenvalue weighted by Crippen LogP contribution is 2.22. The van der Waals surface area contributed by atoms with Gasteiger partial charge in [-0.1, -0.05) is 42.5 Å². The standard InChI is InChI=1S/C19H19NO/c1-14-6-2-3-7-15(14)10-11-19(21)17-12-16-8-4-5-9-18(16)20-13-17/h2-9,12-13,19,21H,10-11H2,1H3. The van der Waals surface area contributed by atoms with E-state index in [1.54, 1.807) is 6.20 Å². The van der Waals surface area contributed by atoms with Crippen LogP contribution in [0.4, 0.5) is 0 Å². The lowest BCUT2D eigenvalue weighted by atomic mass is 9.99. The predicted octanol–water partition coefficient (Wildman–Crippen LogP) is 4.21. The minimum absolute atomic E-state index is 0.471. The Morgan fingerprint density at radius 1 is 1.05 bits per heavy atom. The average Bonchev–Trinajstić information content (AvgIpc) is 2.53. The van der Waals surface area contributed by atoms with E-state index in [2.05, 4.69) is 24.0 Å². The summed E-state index contributed by atoms with van der Waals surface area (Å²) in [6.07, 6.45) is 2.90. The smallest absolute Gasteiger partial charge is 0.0808 e. The Bertz CT molecular complexity index is 751. The molecule has 3 rings (SSSR count). The van der Waals surface area contributed by atoms with Crippen molar-refractivity contribution < 1.29 is 5.11 Å². The zero-order valence-electron chi connectivity index (χ0n) is 12.2. The fraction of sp³-hybridized carbons (Fsp3) is 0.211. The maximum absolute atomic E-state index is 10.4. The number of benzene rings is 2. The molecule has 0 amide bonds. The van der Waals surface area contributed by atoms with Crippen LogP contribution in [-0.2, 0) is 6.42 Å². The van der Waals surface area contributed by atoms with Crippen LogP contribution >= 0.6 is 0 Å². The number of hydrogen-bond donors (Lipinski definition) is 1. The van der Waals surface area contributed by atoms with Crippen LogP contribution in [-0.4, -0.2) is 10.1 Å². The summed E-state index contributed by atoms with van der Waals surface area (Å²) in [7, 11) is 0. The molecule has 1 heterocycles. The van der Waals surface area contributed by atoms with E-state index in [1.165, 1.54) is 11.1 Å². The molecule has 0 saturated heterocycles. The van der Waals surface area contributed by atoms with Crippen molar-refractivity contribution >= 4 is 10.9 Å². The lowest BCUT2D eigenvalue weighted by molar-refractivity contribution is 0.167. The second-order valence-corrected chi connectivity index (χ2v) is 5.44. The van der Waals surface area contributed by atoms with Crippen molar-refractivity contribution in [2.45, 2.75) is 25.9 Å². The zero-order valence-corrected chi connectivity index (χ0v) is 12.2. The number of aromatic nitrogens is 1. The number of nitrogens with zero attached hydrogens (tertiary/aromatic N) is 1. The molecule has 2 aromatic carbocycles. The van der Waals surface area contributed by atoms with Gasteiger partial charge in [0.15, 0.2) is 0 Å². The molecule has 2 nitrogen and oxygen atoms in total. The topological polar surface area (TPSA) is 33.1 Å². The molecule has 0 fully saturated rings. The number of aryl methyl sites for hydroxylation is 2. The Labute approximate surface area is 125 Å². The van der Waals surface area contributed by atoms with Crippen molar-refractivity contribution in [1.29, 1.82) is 0 Å². The Hall–Kier alpha value is -2.19. The van der Waals surface area contributed by atoms with Gasteiger partial charge in [-0.25, -0.2) is 0 Å². The normalized spacial score (nSPS) is 12.5. The lowest BCUT2D eigenvalue weighted by Crippen LogP contribution is -2.01. The summed E-state index contributed by atoms with van der Waals surface area (Å²) in [4.78, 5) is 4.41. The minimum Gasteiger partial charge on any atom is -0.388 e. The van der Waals surface area contributed by atoms with Gasteiger partial charge >= 0.3 is 0 Å². The minimum atomic E-state index is -0.471. The van der Waals surface area contributed by atoms with E-state index in [0.717, 1.165) is 22.9 Å². The van der Waals surface area contributed by atoms with Crippen LogP contribution in [0.5, 0.6) is 0 Å². The molecule has 1 atom stereocenters. The van der Waals surface area contributed by atoms with Gasteiger partial charge in [-0.3, -0.25) is 4.98 Å². The second kappa shape index (κ2) is 6.06. The van der Waals surface area contributed by atoms with E-state index in [1.807, 2.05) is 42.5 Å². The van der Waals surface area contributed by atoms with Crippen molar-refractivity contribution in [3.8, 4) is 0 Å². The summed E-state index contributed by atoms with van der Waals surface area (Å²) in [5, 5.41) is 11.5. The van der Waals surface area contributed by atoms with Crippen LogP contribution < -0.4 is 0 Å². The molecule has 0 radical (unpaired) electrons. The van der Waals surface area contributed by atoms with E-state index in [9.17, 15) is 5.11 Å². The summed E-state index contributed by atoms with van der Waals surface area (Å²) in [6, 6.07) is 18.3. The van der Waals surface area contributed by atoms with Gasteiger partial charge in [-0.15, -0.1) is 0 Å². The first-order valence-corrected chi connectivity index (χ1v) is 7.31. The molecule has 3 aromatic rings. The fourth-order valence-electron chi connectivity index (χ4n) is 2.62. The monoisotopic (exact) mass is 277 g/mol. The molecule has 0 aliphatic rings. The van der Waals surface area contributed by atoms with E-state index in [0.29, 0.717) is 6.42 Å². The molecule has 1 N–H and O–H groups in total. The van der Waals surface area contributed by atoms with Gasteiger partial charge in [-0.05, 0) is 48.6 Å². The van der Waals surface area contributed by atoms with Gasteiger partial charge in [-0.2, -0.15) is 0 Å². The number of hydrogen-bond acceptors (Lipinski definition) is 2. The fourth-order valence-corrected chi connectivity index (χ4v) is 2.62. The van der Waals surface area contributed by atoms with Gasteiger partial charge in [0.2, 0.25) is 0 Å². The average molecular weight is 277 g/mol. The Balaban J connectivity index is 1.75. The maximum atomic E-state index is 10.4. The molecular formula is C19H19NO. The molecule has 1 unspecified atom stereocenters. The summed E-state index contributed by atoms with van der Waals surface area (Å²) in [5.41, 5.74) is 4.43. The van der Waals surface area contributed by atoms with Gasteiger partial charge in [0.25, 0.3) is 0 Å². The molecule has 1 aromatic heterocycles. The van der Waals surface area contributed by atoms with Crippen molar-refractivity contribution in [2.75, 3.05) is 0 Å². The highest BCUT2D eigenvalue weighted by Gasteiger charge is 2.10. The first kappa shape index (κ1) is 13.8. The summed E-state index contributed by atoms with van der Waals surface area (Å²) in [5.74, 6) is 0. The third-order valence-electron chi connectivity index (χ3n) is 3.94. The van der Waals surface area contributed by atoms with Crippen LogP contribution in [0, 0.1) is 6.92 Å². The molecule has 0 bridgehead atoms. The van der Waals surface area contributed by atoms with Gasteiger partial charge in [0, 0.05) is 11.6 Å². The molecular weight excluding hydrogens is 258 g/mol. The van der Waals surface area contributed by atoms with E-state index in [-0.39, 0.29) is 0 Å². The lowest BCUT2D eigenvalue weighted by Gasteiger charge is -2.12. The number of para-hydroxylation sites is 1. The highest BCUT2D eigenvalue weighted by molar-refractivity contribution is 5.78. The quantitative estimate of drug-likeness (QED) is 0.775. The van der Waals surface area contributed by atoms with Crippen molar-refractivity contribution in [3.05, 3.63) is 77.5 Å². The summed E-state index contributed by atoms with van der Waals surface area (Å²) >= 11 is 0. The van der Waals surface area contributed by atoms with Gasteiger partial charge in [0.05, 0.1) is 11.6 Å². The largest absolute Gasteiger partial charge is 0.388 e. The number of aliphatic hydroxyl groups excluding tert-OH is 1. The number of rotatable bonds is 4. The Kier molecular flexibility index (Phi) is 3.98. The number of fused-ring (bicyclic) bond motifs is 1. The van der Waals surface area contributed by atoms with Crippen LogP contribution in [0.3, 0.4) is 0 Å². The third kappa shape index (κ3) is 3.11. The van der Waals surface area contributed by atoms with Crippen molar-refractivity contribution in [1.82, 2.24) is 4.98 Å². The molecule has 0 aliphatic carbocycles. The van der Waals surface area contributed by atoms with Crippen LogP contribution in [0.1, 0.15) is 29.2 Å². The van der Waals surface area contributed by atoms with Gasteiger partial charge in [0.1, 0.15) is 0 Å². The van der Waals surface area contributed by atoms with Crippen molar-refractivity contribution in [2.24, 2.45) is 0 Å². The van der Waals surface area contributed by atoms with Gasteiger partial charge < -0.3 is 5.11 Å². The van der Waals surface area contributed by atoms with Crippen LogP contribution in [0.2, 0.25) is 0 Å². The molecule has 2 heteroatoms.